The molecule has 1 aromatic carbocycles. The van der Waals surface area contributed by atoms with Crippen molar-refractivity contribution in [3.63, 3.8) is 0 Å². The molecule has 0 radical (unpaired) electrons. The molecule has 0 saturated carbocycles. The quantitative estimate of drug-likeness (QED) is 0.727. The molecule has 1 rings (SSSR count). The van der Waals surface area contributed by atoms with Crippen LogP contribution in [-0.4, -0.2) is 12.7 Å². The van der Waals surface area contributed by atoms with Gasteiger partial charge in [-0.3, -0.25) is 0 Å². The van der Waals surface area contributed by atoms with Crippen LogP contribution in [0.1, 0.15) is 13.3 Å². The van der Waals surface area contributed by atoms with Crippen LogP contribution < -0.4 is 5.32 Å². The normalized spacial score (nSPS) is 12.5. The lowest BCUT2D eigenvalue weighted by Gasteiger charge is -2.13. The number of halogens is 1. The maximum absolute atomic E-state index is 12.3. The number of hydrogen-bond acceptors (Lipinski definition) is 1. The lowest BCUT2D eigenvalue weighted by molar-refractivity contribution is 0.438. The Morgan fingerprint density at radius 1 is 1.33 bits per heavy atom. The minimum Gasteiger partial charge on any atom is -0.380 e. The second kappa shape index (κ2) is 4.75. The Bertz CT molecular complexity index is 206. The first-order valence-corrected chi connectivity index (χ1v) is 4.24. The summed E-state index contributed by atoms with van der Waals surface area (Å²) in [4.78, 5) is 0. The predicted molar refractivity (Wildman–Crippen MR) is 50.1 cm³/mol. The molecule has 0 fully saturated rings. The Kier molecular flexibility index (Phi) is 3.58. The third kappa shape index (κ3) is 2.53. The zero-order valence-corrected chi connectivity index (χ0v) is 7.26. The fourth-order valence-corrected chi connectivity index (χ4v) is 1.02. The van der Waals surface area contributed by atoms with E-state index in [9.17, 15) is 4.39 Å². The van der Waals surface area contributed by atoms with E-state index >= 15 is 0 Å². The minimum absolute atomic E-state index is 0.0487. The molecule has 1 N–H and O–H groups in total. The number of alkyl halides is 1. The molecule has 2 heteroatoms. The number of nitrogens with one attached hydrogen (secondary N) is 1. The van der Waals surface area contributed by atoms with Crippen LogP contribution in [0.5, 0.6) is 0 Å². The van der Waals surface area contributed by atoms with E-state index in [0.717, 1.165) is 12.1 Å². The molecule has 0 aromatic heterocycles. The highest BCUT2D eigenvalue weighted by Gasteiger charge is 2.03. The fraction of sp³-hybridized carbons (Fsp3) is 0.400. The first kappa shape index (κ1) is 9.04. The largest absolute Gasteiger partial charge is 0.380 e. The monoisotopic (exact) mass is 167 g/mol. The summed E-state index contributed by atoms with van der Waals surface area (Å²) >= 11 is 0. The van der Waals surface area contributed by atoms with Crippen LogP contribution in [0.2, 0.25) is 0 Å². The van der Waals surface area contributed by atoms with E-state index in [1.807, 2.05) is 37.3 Å². The first-order chi connectivity index (χ1) is 5.86. The van der Waals surface area contributed by atoms with E-state index in [2.05, 4.69) is 5.32 Å². The van der Waals surface area contributed by atoms with Crippen molar-refractivity contribution in [2.45, 2.75) is 19.4 Å². The number of anilines is 1. The Morgan fingerprint density at radius 2 is 2.00 bits per heavy atom. The van der Waals surface area contributed by atoms with Crippen molar-refractivity contribution < 1.29 is 4.39 Å². The van der Waals surface area contributed by atoms with Crippen molar-refractivity contribution in [2.75, 3.05) is 12.0 Å². The van der Waals surface area contributed by atoms with Crippen LogP contribution in [0.3, 0.4) is 0 Å². The standard InChI is InChI=1S/C10H14FN/c1-2-9(8-11)12-10-6-4-3-5-7-10/h3-7,9,12H,2,8H2,1H3. The minimum atomic E-state index is -0.314. The molecular weight excluding hydrogens is 153 g/mol. The summed E-state index contributed by atoms with van der Waals surface area (Å²) in [6.07, 6.45) is 0.811. The van der Waals surface area contributed by atoms with Crippen molar-refractivity contribution >= 4 is 5.69 Å². The average molecular weight is 167 g/mol. The van der Waals surface area contributed by atoms with E-state index < -0.39 is 0 Å². The summed E-state index contributed by atoms with van der Waals surface area (Å²) < 4.78 is 12.3. The van der Waals surface area contributed by atoms with Crippen molar-refractivity contribution in [1.82, 2.24) is 0 Å². The summed E-state index contributed by atoms with van der Waals surface area (Å²) in [7, 11) is 0. The summed E-state index contributed by atoms with van der Waals surface area (Å²) in [6.45, 7) is 1.66. The molecule has 0 aliphatic carbocycles. The van der Waals surface area contributed by atoms with Gasteiger partial charge in [-0.15, -0.1) is 0 Å². The highest BCUT2D eigenvalue weighted by Crippen LogP contribution is 2.08. The van der Waals surface area contributed by atoms with Gasteiger partial charge in [-0.05, 0) is 18.6 Å². The molecule has 0 amide bonds. The molecule has 66 valence electrons. The number of hydrogen-bond donors (Lipinski definition) is 1. The van der Waals surface area contributed by atoms with Crippen LogP contribution in [0.4, 0.5) is 10.1 Å². The lowest BCUT2D eigenvalue weighted by Crippen LogP contribution is -2.20. The highest BCUT2D eigenvalue weighted by atomic mass is 19.1. The van der Waals surface area contributed by atoms with Crippen LogP contribution in [0, 0.1) is 0 Å². The predicted octanol–water partition coefficient (Wildman–Crippen LogP) is 2.85. The van der Waals surface area contributed by atoms with Gasteiger partial charge in [0.05, 0.1) is 6.04 Å². The molecule has 12 heavy (non-hydrogen) atoms. The van der Waals surface area contributed by atoms with E-state index in [-0.39, 0.29) is 12.7 Å². The molecule has 0 heterocycles. The molecule has 0 aliphatic heterocycles. The van der Waals surface area contributed by atoms with Gasteiger partial charge in [0, 0.05) is 5.69 Å². The van der Waals surface area contributed by atoms with Crippen LogP contribution in [0.15, 0.2) is 30.3 Å². The number of rotatable bonds is 4. The Morgan fingerprint density at radius 3 is 2.50 bits per heavy atom. The van der Waals surface area contributed by atoms with Crippen molar-refractivity contribution in [3.8, 4) is 0 Å². The molecule has 0 aliphatic rings. The summed E-state index contributed by atoms with van der Waals surface area (Å²) in [6, 6.07) is 9.66. The van der Waals surface area contributed by atoms with Crippen LogP contribution >= 0.6 is 0 Å². The summed E-state index contributed by atoms with van der Waals surface area (Å²) in [5.74, 6) is 0. The molecule has 0 spiro atoms. The van der Waals surface area contributed by atoms with Gasteiger partial charge in [0.2, 0.25) is 0 Å². The van der Waals surface area contributed by atoms with E-state index in [4.69, 9.17) is 0 Å². The molecule has 0 saturated heterocycles. The Labute approximate surface area is 72.6 Å². The van der Waals surface area contributed by atoms with E-state index in [0.29, 0.717) is 0 Å². The zero-order valence-electron chi connectivity index (χ0n) is 7.26. The third-order valence-electron chi connectivity index (χ3n) is 1.82. The van der Waals surface area contributed by atoms with Gasteiger partial charge >= 0.3 is 0 Å². The lowest BCUT2D eigenvalue weighted by atomic mass is 10.2. The topological polar surface area (TPSA) is 12.0 Å². The second-order valence-electron chi connectivity index (χ2n) is 2.77. The van der Waals surface area contributed by atoms with Gasteiger partial charge in [0.15, 0.2) is 0 Å². The maximum atomic E-state index is 12.3. The van der Waals surface area contributed by atoms with Gasteiger partial charge in [-0.2, -0.15) is 0 Å². The van der Waals surface area contributed by atoms with Crippen molar-refractivity contribution in [3.05, 3.63) is 30.3 Å². The number of para-hydroxylation sites is 1. The van der Waals surface area contributed by atoms with Gasteiger partial charge in [-0.1, -0.05) is 25.1 Å². The number of benzene rings is 1. The van der Waals surface area contributed by atoms with Gasteiger partial charge in [0.25, 0.3) is 0 Å². The fourth-order valence-electron chi connectivity index (χ4n) is 1.02. The van der Waals surface area contributed by atoms with Crippen molar-refractivity contribution in [1.29, 1.82) is 0 Å². The molecule has 1 nitrogen and oxygen atoms in total. The van der Waals surface area contributed by atoms with E-state index in [1.165, 1.54) is 0 Å². The first-order valence-electron chi connectivity index (χ1n) is 4.24. The molecular formula is C10H14FN. The molecule has 1 aromatic rings. The smallest absolute Gasteiger partial charge is 0.109 e. The Hall–Kier alpha value is -1.05. The zero-order chi connectivity index (χ0) is 8.81. The van der Waals surface area contributed by atoms with Gasteiger partial charge < -0.3 is 5.32 Å². The van der Waals surface area contributed by atoms with Gasteiger partial charge in [-0.25, -0.2) is 4.39 Å². The Balaban J connectivity index is 2.51. The van der Waals surface area contributed by atoms with E-state index in [1.54, 1.807) is 0 Å². The van der Waals surface area contributed by atoms with Crippen LogP contribution in [-0.2, 0) is 0 Å². The SMILES string of the molecule is CCC(CF)Nc1ccccc1. The molecule has 1 atom stereocenters. The summed E-state index contributed by atoms with van der Waals surface area (Å²) in [5, 5.41) is 3.10. The third-order valence-corrected chi connectivity index (χ3v) is 1.82. The van der Waals surface area contributed by atoms with Gasteiger partial charge in [0.1, 0.15) is 6.67 Å². The van der Waals surface area contributed by atoms with Crippen molar-refractivity contribution in [2.24, 2.45) is 0 Å². The highest BCUT2D eigenvalue weighted by molar-refractivity contribution is 5.43. The molecule has 0 bridgehead atoms. The maximum Gasteiger partial charge on any atom is 0.109 e. The van der Waals surface area contributed by atoms with Crippen LogP contribution in [0.25, 0.3) is 0 Å². The average Bonchev–Trinajstić information content (AvgIpc) is 2.16. The second-order valence-corrected chi connectivity index (χ2v) is 2.77. The molecule has 1 unspecified atom stereocenters. The summed E-state index contributed by atoms with van der Waals surface area (Å²) in [5.41, 5.74) is 0.988.